The fraction of sp³-hybridized carbons (Fsp3) is 0.692. The average molecular weight is 235 g/mol. The van der Waals surface area contributed by atoms with Crippen molar-refractivity contribution < 1.29 is 5.11 Å². The van der Waals surface area contributed by atoms with Crippen LogP contribution >= 0.6 is 0 Å². The first kappa shape index (κ1) is 12.3. The number of rotatable bonds is 3. The molecule has 2 heterocycles. The zero-order valence-corrected chi connectivity index (χ0v) is 10.7. The molecule has 0 amide bonds. The predicted molar refractivity (Wildman–Crippen MR) is 67.8 cm³/mol. The highest BCUT2D eigenvalue weighted by Crippen LogP contribution is 2.34. The van der Waals surface area contributed by atoms with Crippen LogP contribution in [-0.2, 0) is 6.61 Å². The van der Waals surface area contributed by atoms with E-state index in [0.29, 0.717) is 11.1 Å². The van der Waals surface area contributed by atoms with Crippen LogP contribution in [0.2, 0.25) is 0 Å². The van der Waals surface area contributed by atoms with Crippen molar-refractivity contribution in [3.63, 3.8) is 0 Å². The van der Waals surface area contributed by atoms with Gasteiger partial charge in [-0.15, -0.1) is 0 Å². The van der Waals surface area contributed by atoms with E-state index in [9.17, 15) is 0 Å². The highest BCUT2D eigenvalue weighted by atomic mass is 16.3. The number of aliphatic hydroxyl groups is 1. The van der Waals surface area contributed by atoms with Gasteiger partial charge >= 0.3 is 0 Å². The van der Waals surface area contributed by atoms with Crippen molar-refractivity contribution in [3.8, 4) is 0 Å². The minimum Gasteiger partial charge on any atom is -0.390 e. The van der Waals surface area contributed by atoms with E-state index >= 15 is 0 Å². The summed E-state index contributed by atoms with van der Waals surface area (Å²) in [5.74, 6) is 0.898. The Labute approximate surface area is 103 Å². The van der Waals surface area contributed by atoms with E-state index in [1.165, 1.54) is 19.3 Å². The molecule has 0 unspecified atom stereocenters. The number of aromatic nitrogens is 2. The van der Waals surface area contributed by atoms with Crippen LogP contribution in [0.1, 0.15) is 38.8 Å². The summed E-state index contributed by atoms with van der Waals surface area (Å²) >= 11 is 0. The van der Waals surface area contributed by atoms with Crippen LogP contribution in [-0.4, -0.2) is 28.2 Å². The van der Waals surface area contributed by atoms with E-state index in [1.54, 1.807) is 12.4 Å². The number of hydrogen-bond donors (Lipinski definition) is 1. The largest absolute Gasteiger partial charge is 0.390 e. The molecular weight excluding hydrogens is 214 g/mol. The summed E-state index contributed by atoms with van der Waals surface area (Å²) in [5, 5.41) is 9.06. The van der Waals surface area contributed by atoms with Gasteiger partial charge in [-0.1, -0.05) is 20.3 Å². The SMILES string of the molecule is CCC1(C)CCN(c2cncc(CO)n2)CC1. The Hall–Kier alpha value is -1.16. The zero-order valence-electron chi connectivity index (χ0n) is 10.7. The fourth-order valence-electron chi connectivity index (χ4n) is 2.25. The van der Waals surface area contributed by atoms with Gasteiger partial charge in [-0.2, -0.15) is 0 Å². The maximum Gasteiger partial charge on any atom is 0.147 e. The van der Waals surface area contributed by atoms with Gasteiger partial charge in [0.1, 0.15) is 5.82 Å². The van der Waals surface area contributed by atoms with Gasteiger partial charge in [-0.3, -0.25) is 4.98 Å². The first-order valence-electron chi connectivity index (χ1n) is 6.33. The Morgan fingerprint density at radius 3 is 2.65 bits per heavy atom. The summed E-state index contributed by atoms with van der Waals surface area (Å²) < 4.78 is 0. The predicted octanol–water partition coefficient (Wildman–Crippen LogP) is 1.99. The van der Waals surface area contributed by atoms with Crippen molar-refractivity contribution in [2.75, 3.05) is 18.0 Å². The summed E-state index contributed by atoms with van der Waals surface area (Å²) in [6, 6.07) is 0. The number of aliphatic hydroxyl groups excluding tert-OH is 1. The molecule has 1 saturated heterocycles. The van der Waals surface area contributed by atoms with Crippen LogP contribution in [0.4, 0.5) is 5.82 Å². The van der Waals surface area contributed by atoms with Crippen molar-refractivity contribution in [2.45, 2.75) is 39.7 Å². The average Bonchev–Trinajstić information content (AvgIpc) is 2.40. The second-order valence-corrected chi connectivity index (χ2v) is 5.18. The number of anilines is 1. The Kier molecular flexibility index (Phi) is 3.62. The molecule has 4 heteroatoms. The van der Waals surface area contributed by atoms with Crippen LogP contribution in [0.25, 0.3) is 0 Å². The number of nitrogens with zero attached hydrogens (tertiary/aromatic N) is 3. The molecule has 0 atom stereocenters. The van der Waals surface area contributed by atoms with Crippen molar-refractivity contribution in [1.82, 2.24) is 9.97 Å². The third-order valence-corrected chi connectivity index (χ3v) is 3.98. The molecule has 94 valence electrons. The fourth-order valence-corrected chi connectivity index (χ4v) is 2.25. The van der Waals surface area contributed by atoms with Crippen LogP contribution in [0, 0.1) is 5.41 Å². The molecular formula is C13H21N3O. The van der Waals surface area contributed by atoms with E-state index in [-0.39, 0.29) is 6.61 Å². The van der Waals surface area contributed by atoms with Gasteiger partial charge in [-0.05, 0) is 18.3 Å². The number of piperidine rings is 1. The molecule has 1 N–H and O–H groups in total. The van der Waals surface area contributed by atoms with E-state index in [0.717, 1.165) is 18.9 Å². The van der Waals surface area contributed by atoms with Gasteiger partial charge in [0.2, 0.25) is 0 Å². The molecule has 0 aliphatic carbocycles. The minimum atomic E-state index is -0.0403. The summed E-state index contributed by atoms with van der Waals surface area (Å²) in [4.78, 5) is 10.8. The minimum absolute atomic E-state index is 0.0403. The van der Waals surface area contributed by atoms with E-state index < -0.39 is 0 Å². The first-order chi connectivity index (χ1) is 8.17. The smallest absolute Gasteiger partial charge is 0.147 e. The highest BCUT2D eigenvalue weighted by Gasteiger charge is 2.28. The molecule has 0 bridgehead atoms. The van der Waals surface area contributed by atoms with Crippen molar-refractivity contribution >= 4 is 5.82 Å². The molecule has 0 radical (unpaired) electrons. The Bertz CT molecular complexity index is 373. The molecule has 1 aliphatic rings. The quantitative estimate of drug-likeness (QED) is 0.870. The molecule has 4 nitrogen and oxygen atoms in total. The Morgan fingerprint density at radius 1 is 1.35 bits per heavy atom. The van der Waals surface area contributed by atoms with Crippen LogP contribution in [0.3, 0.4) is 0 Å². The van der Waals surface area contributed by atoms with E-state index in [2.05, 4.69) is 28.7 Å². The van der Waals surface area contributed by atoms with E-state index in [1.807, 2.05) is 0 Å². The molecule has 2 rings (SSSR count). The third kappa shape index (κ3) is 2.75. The molecule has 0 spiro atoms. The summed E-state index contributed by atoms with van der Waals surface area (Å²) in [6.45, 7) is 6.66. The molecule has 0 aromatic carbocycles. The maximum absolute atomic E-state index is 9.06. The maximum atomic E-state index is 9.06. The molecule has 1 aromatic rings. The van der Waals surface area contributed by atoms with E-state index in [4.69, 9.17) is 5.11 Å². The monoisotopic (exact) mass is 235 g/mol. The molecule has 1 aliphatic heterocycles. The molecule has 0 saturated carbocycles. The molecule has 1 aromatic heterocycles. The van der Waals surface area contributed by atoms with Crippen molar-refractivity contribution in [1.29, 1.82) is 0 Å². The lowest BCUT2D eigenvalue weighted by atomic mass is 9.78. The Morgan fingerprint density at radius 2 is 2.06 bits per heavy atom. The summed E-state index contributed by atoms with van der Waals surface area (Å²) in [5.41, 5.74) is 1.13. The lowest BCUT2D eigenvalue weighted by Gasteiger charge is -2.39. The summed E-state index contributed by atoms with van der Waals surface area (Å²) in [7, 11) is 0. The van der Waals surface area contributed by atoms with Crippen molar-refractivity contribution in [3.05, 3.63) is 18.1 Å². The topological polar surface area (TPSA) is 49.2 Å². The van der Waals surface area contributed by atoms with Crippen LogP contribution in [0.5, 0.6) is 0 Å². The Balaban J connectivity index is 2.05. The highest BCUT2D eigenvalue weighted by molar-refractivity contribution is 5.37. The van der Waals surface area contributed by atoms with Crippen LogP contribution < -0.4 is 4.90 Å². The van der Waals surface area contributed by atoms with Gasteiger partial charge < -0.3 is 10.0 Å². The van der Waals surface area contributed by atoms with Gasteiger partial charge in [0.05, 0.1) is 24.7 Å². The molecule has 17 heavy (non-hydrogen) atoms. The first-order valence-corrected chi connectivity index (χ1v) is 6.33. The normalized spacial score (nSPS) is 19.4. The van der Waals surface area contributed by atoms with Crippen molar-refractivity contribution in [2.24, 2.45) is 5.41 Å². The second-order valence-electron chi connectivity index (χ2n) is 5.18. The van der Waals surface area contributed by atoms with Gasteiger partial charge in [-0.25, -0.2) is 4.98 Å². The lowest BCUT2D eigenvalue weighted by molar-refractivity contribution is 0.237. The molecule has 1 fully saturated rings. The zero-order chi connectivity index (χ0) is 12.3. The third-order valence-electron chi connectivity index (χ3n) is 3.98. The second kappa shape index (κ2) is 5.00. The standard InChI is InChI=1S/C13H21N3O/c1-3-13(2)4-6-16(7-5-13)12-9-14-8-11(10-17)15-12/h8-9,17H,3-7,10H2,1-2H3. The van der Waals surface area contributed by atoms with Gasteiger partial charge in [0.25, 0.3) is 0 Å². The van der Waals surface area contributed by atoms with Gasteiger partial charge in [0.15, 0.2) is 0 Å². The number of hydrogen-bond acceptors (Lipinski definition) is 4. The van der Waals surface area contributed by atoms with Gasteiger partial charge in [0, 0.05) is 13.1 Å². The van der Waals surface area contributed by atoms with Crippen LogP contribution in [0.15, 0.2) is 12.4 Å². The summed E-state index contributed by atoms with van der Waals surface area (Å²) in [6.07, 6.45) is 7.05. The lowest BCUT2D eigenvalue weighted by Crippen LogP contribution is -2.39.